The van der Waals surface area contributed by atoms with Crippen molar-refractivity contribution in [3.05, 3.63) is 69.9 Å². The van der Waals surface area contributed by atoms with Crippen molar-refractivity contribution < 1.29 is 24.7 Å². The summed E-state index contributed by atoms with van der Waals surface area (Å²) >= 11 is 0. The van der Waals surface area contributed by atoms with E-state index in [1.165, 1.54) is 18.2 Å². The van der Waals surface area contributed by atoms with Crippen molar-refractivity contribution in [3.63, 3.8) is 0 Å². The molecule has 0 spiro atoms. The fourth-order valence-electron chi connectivity index (χ4n) is 2.80. The number of ether oxygens (including phenoxy) is 1. The molecule has 10 nitrogen and oxygen atoms in total. The molecule has 3 aromatic rings. The Kier molecular flexibility index (Phi) is 6.37. The summed E-state index contributed by atoms with van der Waals surface area (Å²) in [6.07, 6.45) is -3.19. The van der Waals surface area contributed by atoms with Gasteiger partial charge in [0.2, 0.25) is 0 Å². The molecule has 0 aliphatic rings. The molecule has 0 aliphatic carbocycles. The number of aliphatic hydroxyl groups is 2. The third kappa shape index (κ3) is 5.06. The number of nitro benzene ring substituents is 1. The molecule has 2 aromatic carbocycles. The van der Waals surface area contributed by atoms with Gasteiger partial charge in [0.15, 0.2) is 0 Å². The second-order valence-corrected chi connectivity index (χ2v) is 6.39. The Balaban J connectivity index is 1.52. The van der Waals surface area contributed by atoms with E-state index < -0.39 is 23.2 Å². The van der Waals surface area contributed by atoms with Crippen LogP contribution in [0.25, 0.3) is 10.9 Å². The smallest absolute Gasteiger partial charge is 0.407 e. The van der Waals surface area contributed by atoms with Gasteiger partial charge in [-0.2, -0.15) is 5.10 Å². The Labute approximate surface area is 165 Å². The highest BCUT2D eigenvalue weighted by Crippen LogP contribution is 2.28. The van der Waals surface area contributed by atoms with Gasteiger partial charge in [0.05, 0.1) is 22.2 Å². The summed E-state index contributed by atoms with van der Waals surface area (Å²) in [6, 6.07) is 13.2. The summed E-state index contributed by atoms with van der Waals surface area (Å²) in [5, 5.41) is 41.0. The zero-order valence-electron chi connectivity index (χ0n) is 15.3. The van der Waals surface area contributed by atoms with E-state index in [0.717, 1.165) is 5.56 Å². The number of nitro groups is 1. The zero-order chi connectivity index (χ0) is 20.8. The number of carbonyl (C=O) groups excluding carboxylic acids is 1. The number of rotatable bonds is 8. The first-order valence-electron chi connectivity index (χ1n) is 8.89. The summed E-state index contributed by atoms with van der Waals surface area (Å²) in [6.45, 7) is 0.189. The third-order valence-corrected chi connectivity index (χ3v) is 4.36. The number of amides is 1. The minimum atomic E-state index is -1.36. The van der Waals surface area contributed by atoms with E-state index in [9.17, 15) is 25.1 Å². The Morgan fingerprint density at radius 2 is 2.00 bits per heavy atom. The van der Waals surface area contributed by atoms with Gasteiger partial charge in [-0.1, -0.05) is 30.3 Å². The number of non-ortho nitro benzene ring substituents is 1. The molecule has 0 aliphatic heterocycles. The van der Waals surface area contributed by atoms with Gasteiger partial charge in [-0.3, -0.25) is 15.2 Å². The molecular formula is C19H20N4O6. The van der Waals surface area contributed by atoms with Crippen LogP contribution in [-0.4, -0.2) is 44.1 Å². The van der Waals surface area contributed by atoms with Gasteiger partial charge in [0.1, 0.15) is 12.7 Å². The van der Waals surface area contributed by atoms with Gasteiger partial charge in [-0.05, 0) is 18.1 Å². The van der Waals surface area contributed by atoms with Gasteiger partial charge in [0.25, 0.3) is 5.69 Å². The van der Waals surface area contributed by atoms with Crippen LogP contribution in [0.4, 0.5) is 10.5 Å². The normalized spacial score (nSPS) is 13.0. The first-order chi connectivity index (χ1) is 14.0. The average Bonchev–Trinajstić information content (AvgIpc) is 3.15. The summed E-state index contributed by atoms with van der Waals surface area (Å²) in [5.41, 5.74) is 1.30. The second-order valence-electron chi connectivity index (χ2n) is 6.39. The van der Waals surface area contributed by atoms with Gasteiger partial charge in [-0.15, -0.1) is 0 Å². The highest BCUT2D eigenvalue weighted by atomic mass is 16.6. The van der Waals surface area contributed by atoms with Crippen molar-refractivity contribution in [2.45, 2.75) is 25.2 Å². The minimum absolute atomic E-state index is 0.0387. The first-order valence-corrected chi connectivity index (χ1v) is 8.89. The number of aromatic nitrogens is 2. The highest BCUT2D eigenvalue weighted by Gasteiger charge is 2.23. The van der Waals surface area contributed by atoms with Gasteiger partial charge in [0, 0.05) is 24.1 Å². The van der Waals surface area contributed by atoms with Crippen molar-refractivity contribution in [3.8, 4) is 0 Å². The van der Waals surface area contributed by atoms with Crippen LogP contribution in [0.5, 0.6) is 0 Å². The number of hydrogen-bond donors (Lipinski definition) is 4. The fraction of sp³-hybridized carbons (Fsp3) is 0.263. The van der Waals surface area contributed by atoms with E-state index in [1.807, 2.05) is 30.3 Å². The molecule has 0 saturated carbocycles. The SMILES string of the molecule is O=C(NCCC(O)C(O)c1[nH]nc2ccc([N+](=O)[O-])cc12)OCc1ccccc1. The molecule has 3 rings (SSSR count). The number of aromatic amines is 1. The van der Waals surface area contributed by atoms with Crippen molar-refractivity contribution in [2.75, 3.05) is 6.54 Å². The van der Waals surface area contributed by atoms with Crippen LogP contribution in [0.3, 0.4) is 0 Å². The third-order valence-electron chi connectivity index (χ3n) is 4.36. The van der Waals surface area contributed by atoms with Gasteiger partial charge in [-0.25, -0.2) is 4.79 Å². The Bertz CT molecular complexity index is 991. The maximum absolute atomic E-state index is 11.7. The molecule has 1 aromatic heterocycles. The predicted molar refractivity (Wildman–Crippen MR) is 103 cm³/mol. The van der Waals surface area contributed by atoms with Crippen LogP contribution in [0.15, 0.2) is 48.5 Å². The fourth-order valence-corrected chi connectivity index (χ4v) is 2.80. The number of aliphatic hydroxyl groups excluding tert-OH is 2. The maximum atomic E-state index is 11.7. The van der Waals surface area contributed by atoms with Gasteiger partial charge < -0.3 is 20.3 Å². The molecule has 4 N–H and O–H groups in total. The molecule has 0 saturated heterocycles. The number of nitrogens with zero attached hydrogens (tertiary/aromatic N) is 2. The zero-order valence-corrected chi connectivity index (χ0v) is 15.3. The van der Waals surface area contributed by atoms with Crippen LogP contribution >= 0.6 is 0 Å². The van der Waals surface area contributed by atoms with E-state index in [-0.39, 0.29) is 31.0 Å². The maximum Gasteiger partial charge on any atom is 0.407 e. The van der Waals surface area contributed by atoms with E-state index in [2.05, 4.69) is 15.5 Å². The lowest BCUT2D eigenvalue weighted by atomic mass is 10.0. The summed E-state index contributed by atoms with van der Waals surface area (Å²) in [5.74, 6) is 0. The lowest BCUT2D eigenvalue weighted by Gasteiger charge is -2.17. The molecule has 0 bridgehead atoms. The van der Waals surface area contributed by atoms with Crippen molar-refractivity contribution in [1.82, 2.24) is 15.5 Å². The Hall–Kier alpha value is -3.50. The number of fused-ring (bicyclic) bond motifs is 1. The van der Waals surface area contributed by atoms with Crippen molar-refractivity contribution >= 4 is 22.7 Å². The number of H-pyrrole nitrogens is 1. The lowest BCUT2D eigenvalue weighted by Crippen LogP contribution is -2.30. The first kappa shape index (κ1) is 20.2. The Morgan fingerprint density at radius 1 is 1.24 bits per heavy atom. The number of nitrogens with one attached hydrogen (secondary N) is 2. The van der Waals surface area contributed by atoms with E-state index >= 15 is 0 Å². The molecule has 2 unspecified atom stereocenters. The molecule has 1 amide bonds. The summed E-state index contributed by atoms with van der Waals surface area (Å²) in [4.78, 5) is 22.1. The molecule has 2 atom stereocenters. The Morgan fingerprint density at radius 3 is 2.72 bits per heavy atom. The average molecular weight is 400 g/mol. The van der Waals surface area contributed by atoms with Crippen molar-refractivity contribution in [2.24, 2.45) is 0 Å². The molecule has 1 heterocycles. The molecule has 29 heavy (non-hydrogen) atoms. The molecule has 10 heteroatoms. The number of benzene rings is 2. The van der Waals surface area contributed by atoms with Gasteiger partial charge >= 0.3 is 6.09 Å². The van der Waals surface area contributed by atoms with Crippen LogP contribution in [-0.2, 0) is 11.3 Å². The minimum Gasteiger partial charge on any atom is -0.445 e. The van der Waals surface area contributed by atoms with E-state index in [0.29, 0.717) is 10.9 Å². The standard InChI is InChI=1S/C19H20N4O6/c24-16(8-9-20-19(26)29-11-12-4-2-1-3-5-12)18(25)17-14-10-13(23(27)28)6-7-15(14)21-22-17/h1-7,10,16,18,24-25H,8-9,11H2,(H,20,26)(H,21,22). The van der Waals surface area contributed by atoms with Crippen LogP contribution in [0.2, 0.25) is 0 Å². The topological polar surface area (TPSA) is 151 Å². The number of carbonyl (C=O) groups is 1. The molecule has 0 radical (unpaired) electrons. The molecular weight excluding hydrogens is 380 g/mol. The van der Waals surface area contributed by atoms with Crippen molar-refractivity contribution in [1.29, 1.82) is 0 Å². The number of alkyl carbamates (subject to hydrolysis) is 1. The van der Waals surface area contributed by atoms with Crippen LogP contribution in [0, 0.1) is 10.1 Å². The predicted octanol–water partition coefficient (Wildman–Crippen LogP) is 2.18. The van der Waals surface area contributed by atoms with E-state index in [4.69, 9.17) is 4.74 Å². The lowest BCUT2D eigenvalue weighted by molar-refractivity contribution is -0.384. The highest BCUT2D eigenvalue weighted by molar-refractivity contribution is 5.84. The number of hydrogen-bond acceptors (Lipinski definition) is 7. The van der Waals surface area contributed by atoms with Crippen LogP contribution < -0.4 is 5.32 Å². The molecule has 152 valence electrons. The quantitative estimate of drug-likeness (QED) is 0.334. The van der Waals surface area contributed by atoms with Crippen LogP contribution in [0.1, 0.15) is 23.8 Å². The molecule has 0 fully saturated rings. The van der Waals surface area contributed by atoms with E-state index in [1.54, 1.807) is 0 Å². The second kappa shape index (κ2) is 9.13. The summed E-state index contributed by atoms with van der Waals surface area (Å²) < 4.78 is 5.06. The summed E-state index contributed by atoms with van der Waals surface area (Å²) in [7, 11) is 0. The largest absolute Gasteiger partial charge is 0.445 e. The monoisotopic (exact) mass is 400 g/mol.